The van der Waals surface area contributed by atoms with Crippen molar-refractivity contribution in [3.8, 4) is 28.7 Å². The minimum Gasteiger partial charge on any atom is -0.508 e. The summed E-state index contributed by atoms with van der Waals surface area (Å²) in [6, 6.07) is 75.1. The van der Waals surface area contributed by atoms with Crippen LogP contribution >= 0.6 is 0 Å². The molecular formula is C81H72N16O7. The summed E-state index contributed by atoms with van der Waals surface area (Å²) in [7, 11) is 0. The average Bonchev–Trinajstić information content (AvgIpc) is 1.91. The number of hydrogen-bond donors (Lipinski definition) is 17. The average molecular weight is 1380 g/mol. The summed E-state index contributed by atoms with van der Waals surface area (Å²) < 4.78 is 0. The van der Waals surface area contributed by atoms with Gasteiger partial charge in [-0.05, 0) is 203 Å². The van der Waals surface area contributed by atoms with Crippen LogP contribution in [-0.2, 0) is 0 Å². The fourth-order valence-corrected chi connectivity index (χ4v) is 10.9. The number of azide groups is 1. The number of para-hydroxylation sites is 2. The van der Waals surface area contributed by atoms with Gasteiger partial charge >= 0.3 is 0 Å². The molecule has 0 radical (unpaired) electrons. The van der Waals surface area contributed by atoms with Crippen molar-refractivity contribution < 1.29 is 30.5 Å². The fraction of sp³-hybridized carbons (Fsp3) is 0.0123. The van der Waals surface area contributed by atoms with Gasteiger partial charge in [-0.25, -0.2) is 0 Å². The third-order valence-electron chi connectivity index (χ3n) is 16.1. The van der Waals surface area contributed by atoms with E-state index in [-0.39, 0.29) is 17.2 Å². The Bertz CT molecular complexity index is 5670. The number of non-ortho nitro benzene ring substituents is 1. The molecule has 518 valence electrons. The Morgan fingerprint density at radius 2 is 0.769 bits per heavy atom. The van der Waals surface area contributed by atoms with E-state index in [0.29, 0.717) is 22.9 Å². The highest BCUT2D eigenvalue weighted by atomic mass is 16.6. The van der Waals surface area contributed by atoms with Crippen LogP contribution < -0.4 is 11.5 Å². The molecule has 0 bridgehead atoms. The van der Waals surface area contributed by atoms with E-state index in [1.165, 1.54) is 56.3 Å². The molecule has 0 unspecified atom stereocenters. The number of aromatic hydroxyl groups is 5. The molecule has 0 fully saturated rings. The number of phenols is 5. The molecule has 0 aliphatic heterocycles. The van der Waals surface area contributed by atoms with Crippen molar-refractivity contribution in [3.05, 3.63) is 331 Å². The molecule has 0 saturated carbocycles. The molecule has 20 rings (SSSR count). The van der Waals surface area contributed by atoms with Crippen molar-refractivity contribution >= 4 is 132 Å². The maximum Gasteiger partial charge on any atom is 0.270 e. The number of fused-ring (bicyclic) bond motifs is 10. The summed E-state index contributed by atoms with van der Waals surface area (Å²) >= 11 is 0. The lowest BCUT2D eigenvalue weighted by atomic mass is 10.2. The van der Waals surface area contributed by atoms with Crippen molar-refractivity contribution in [3.63, 3.8) is 0 Å². The zero-order valence-corrected chi connectivity index (χ0v) is 55.9. The maximum atomic E-state index is 10.4. The molecule has 0 atom stereocenters. The minimum absolute atomic E-state index is 0.0860. The predicted molar refractivity (Wildman–Crippen MR) is 420 cm³/mol. The van der Waals surface area contributed by atoms with Gasteiger partial charge in [-0.3, -0.25) is 10.1 Å². The number of phenolic OH excluding ortho intramolecular Hbond substituents is 5. The van der Waals surface area contributed by atoms with E-state index in [1.54, 1.807) is 54.9 Å². The van der Waals surface area contributed by atoms with Gasteiger partial charge in [0.05, 0.1) is 10.4 Å². The number of aryl methyl sites for hydroxylation is 1. The first kappa shape index (κ1) is 70.2. The number of anilines is 2. The van der Waals surface area contributed by atoms with Gasteiger partial charge in [-0.15, -0.1) is 0 Å². The number of hydrogen-bond acceptors (Lipinski definition) is 10. The summed E-state index contributed by atoms with van der Waals surface area (Å²) in [6.45, 7) is 2.10. The quantitative estimate of drug-likeness (QED) is 0.0148. The number of nitrogens with zero attached hydrogens (tertiary/aromatic N) is 4. The van der Waals surface area contributed by atoms with Gasteiger partial charge in [0.15, 0.2) is 11.5 Å². The molecule has 0 spiro atoms. The normalized spacial score (nSPS) is 10.3. The monoisotopic (exact) mass is 1380 g/mol. The van der Waals surface area contributed by atoms with Gasteiger partial charge in [-0.1, -0.05) is 65.3 Å². The third kappa shape index (κ3) is 18.8. The lowest BCUT2D eigenvalue weighted by molar-refractivity contribution is -0.384. The number of nitrogens with one attached hydrogen (secondary N) is 10. The van der Waals surface area contributed by atoms with Crippen LogP contribution in [0.3, 0.4) is 0 Å². The first-order chi connectivity index (χ1) is 50.6. The third-order valence-corrected chi connectivity index (χ3v) is 16.1. The molecule has 0 amide bonds. The highest BCUT2D eigenvalue weighted by Gasteiger charge is 2.06. The number of aromatic nitrogens is 10. The standard InChI is InChI=1S/C9H9N.C8H6N4.C8H6N2O2.2C8H8N2.C8H7NO2.3C8H7NO.C8H7N/c1-7-2-3-9-8(6-7)4-5-10-9;9-12-11-7-1-2-8-6(5-7)3-4-10-8;11-10(12)7-1-2-8-6(5-7)3-4-9-8;9-7-1-2-8-6(5-7)3-4-10-8;9-7-2-1-6-3-4-10-8(6)5-7;10-7-3-5-1-2-9-6(5)4-8(7)11;10-7-2-1-6-3-4-9-8(6)5-7;10-8-3-1-2-7-6(8)4-5-9-7;10-7-3-1-2-6-4-5-9-8(6)7;1-2-4-8-7(3-1)5-6-9-8/h2-6,10H,1H3;1-5,10H;1-5,9H;2*1-5,10H,9H2;1-4,9-11H;3*1-5,9-10H;1-6,9H. The van der Waals surface area contributed by atoms with Crippen molar-refractivity contribution in [2.24, 2.45) is 5.11 Å². The van der Waals surface area contributed by atoms with Crippen molar-refractivity contribution in [2.45, 2.75) is 6.92 Å². The number of nitrogen functional groups attached to an aromatic ring is 2. The zero-order chi connectivity index (χ0) is 72.7. The highest BCUT2D eigenvalue weighted by molar-refractivity contribution is 5.88. The number of nitro benzene ring substituents is 1. The van der Waals surface area contributed by atoms with Crippen LogP contribution in [0.5, 0.6) is 28.7 Å². The van der Waals surface area contributed by atoms with E-state index in [1.807, 2.05) is 189 Å². The smallest absolute Gasteiger partial charge is 0.270 e. The van der Waals surface area contributed by atoms with E-state index in [0.717, 1.165) is 87.8 Å². The number of rotatable bonds is 2. The molecule has 19 N–H and O–H groups in total. The number of nitrogens with two attached hydrogens (primary N) is 2. The number of H-pyrrole nitrogens is 10. The van der Waals surface area contributed by atoms with Crippen molar-refractivity contribution in [2.75, 3.05) is 11.5 Å². The second-order valence-corrected chi connectivity index (χ2v) is 23.3. The molecule has 10 aromatic carbocycles. The summed E-state index contributed by atoms with van der Waals surface area (Å²) in [5.41, 5.74) is 33.2. The maximum absolute atomic E-state index is 10.4. The second-order valence-electron chi connectivity index (χ2n) is 23.3. The Balaban J connectivity index is 0.000000116. The van der Waals surface area contributed by atoms with Crippen molar-refractivity contribution in [1.82, 2.24) is 49.8 Å². The van der Waals surface area contributed by atoms with Crippen LogP contribution in [0.1, 0.15) is 5.56 Å². The summed E-state index contributed by atoms with van der Waals surface area (Å²) in [6.07, 6.45) is 18.6. The Kier molecular flexibility index (Phi) is 22.9. The minimum atomic E-state index is -0.396. The van der Waals surface area contributed by atoms with Gasteiger partial charge in [-0.2, -0.15) is 0 Å². The van der Waals surface area contributed by atoms with E-state index in [4.69, 9.17) is 32.3 Å². The van der Waals surface area contributed by atoms with Crippen molar-refractivity contribution in [1.29, 1.82) is 0 Å². The number of nitro groups is 1. The SMILES string of the molecule is Cc1ccc2[nH]ccc2c1.Nc1ccc2[nH]ccc2c1.Nc1ccc2cc[nH]c2c1.O=[N+]([O-])c1ccc2[nH]ccc2c1.Oc1cc2cc[nH]c2cc1O.Oc1ccc2cc[nH]c2c1.Oc1cccc2[nH]ccc12.Oc1cccc2cc[nH]c12.[N-]=[N+]=Nc1ccc2[nH]ccc2c1.c1ccc2[nH]ccc2c1. The molecule has 104 heavy (non-hydrogen) atoms. The lowest BCUT2D eigenvalue weighted by Gasteiger charge is -1.95. The van der Waals surface area contributed by atoms with Crippen LogP contribution in [0.4, 0.5) is 22.7 Å². The van der Waals surface area contributed by atoms with E-state index < -0.39 is 4.92 Å². The van der Waals surface area contributed by atoms with E-state index in [9.17, 15) is 20.3 Å². The van der Waals surface area contributed by atoms with Gasteiger partial charge in [0, 0.05) is 185 Å². The Morgan fingerprint density at radius 1 is 0.346 bits per heavy atom. The molecular weight excluding hydrogens is 1310 g/mol. The first-order valence-corrected chi connectivity index (χ1v) is 32.4. The molecule has 10 heterocycles. The summed E-state index contributed by atoms with van der Waals surface area (Å²) in [5, 5.41) is 70.3. The second kappa shape index (κ2) is 33.9. The predicted octanol–water partition coefficient (Wildman–Crippen LogP) is 20.5. The topological polar surface area (TPSA) is 403 Å². The highest BCUT2D eigenvalue weighted by Crippen LogP contribution is 2.30. The molecule has 23 nitrogen and oxygen atoms in total. The van der Waals surface area contributed by atoms with Gasteiger partial charge in [0.1, 0.15) is 17.2 Å². The fourth-order valence-electron chi connectivity index (χ4n) is 10.9. The largest absolute Gasteiger partial charge is 0.508 e. The van der Waals surface area contributed by atoms with Gasteiger partial charge in [0.2, 0.25) is 0 Å². The van der Waals surface area contributed by atoms with Crippen LogP contribution in [0.15, 0.2) is 310 Å². The van der Waals surface area contributed by atoms with Crippen LogP contribution in [0.25, 0.3) is 119 Å². The van der Waals surface area contributed by atoms with Gasteiger partial charge < -0.3 is 86.8 Å². The molecule has 0 aliphatic rings. The molecule has 0 saturated heterocycles. The molecule has 23 heteroatoms. The number of benzene rings is 10. The molecule has 20 aromatic rings. The van der Waals surface area contributed by atoms with Crippen LogP contribution in [0.2, 0.25) is 0 Å². The van der Waals surface area contributed by atoms with Crippen LogP contribution in [-0.4, -0.2) is 80.3 Å². The summed E-state index contributed by atoms with van der Waals surface area (Å²) in [5.74, 6) is 0.758. The van der Waals surface area contributed by atoms with Gasteiger partial charge in [0.25, 0.3) is 5.69 Å². The Labute approximate surface area is 592 Å². The first-order valence-electron chi connectivity index (χ1n) is 32.4. The zero-order valence-electron chi connectivity index (χ0n) is 55.9. The Morgan fingerprint density at radius 3 is 1.39 bits per heavy atom. The van der Waals surface area contributed by atoms with E-state index >= 15 is 0 Å². The Hall–Kier alpha value is -15.1. The summed E-state index contributed by atoms with van der Waals surface area (Å²) in [4.78, 5) is 43.0. The molecule has 10 aromatic heterocycles. The number of aromatic amines is 10. The van der Waals surface area contributed by atoms with Crippen LogP contribution in [0, 0.1) is 17.0 Å². The van der Waals surface area contributed by atoms with E-state index in [2.05, 4.69) is 109 Å². The molecule has 0 aliphatic carbocycles. The lowest BCUT2D eigenvalue weighted by Crippen LogP contribution is -1.86.